The fourth-order valence-corrected chi connectivity index (χ4v) is 4.02. The van der Waals surface area contributed by atoms with Crippen LogP contribution >= 0.6 is 0 Å². The van der Waals surface area contributed by atoms with Gasteiger partial charge in [-0.25, -0.2) is 8.42 Å². The summed E-state index contributed by atoms with van der Waals surface area (Å²) in [5, 5.41) is 0. The third-order valence-electron chi connectivity index (χ3n) is 4.62. The Balaban J connectivity index is 2.12. The van der Waals surface area contributed by atoms with Crippen LogP contribution in [0.25, 0.3) is 0 Å². The molecule has 1 saturated heterocycles. The van der Waals surface area contributed by atoms with E-state index in [1.165, 1.54) is 19.2 Å². The van der Waals surface area contributed by atoms with Crippen LogP contribution in [-0.4, -0.2) is 57.8 Å². The summed E-state index contributed by atoms with van der Waals surface area (Å²) in [6.07, 6.45) is 0.766. The van der Waals surface area contributed by atoms with Crippen LogP contribution in [0.3, 0.4) is 0 Å². The molecule has 0 bridgehead atoms. The van der Waals surface area contributed by atoms with Crippen molar-refractivity contribution in [3.63, 3.8) is 0 Å². The van der Waals surface area contributed by atoms with Crippen LogP contribution in [0.2, 0.25) is 0 Å². The first-order valence-electron chi connectivity index (χ1n) is 8.04. The summed E-state index contributed by atoms with van der Waals surface area (Å²) in [5.74, 6) is -0.162. The summed E-state index contributed by atoms with van der Waals surface area (Å²) in [4.78, 5) is 14.6. The van der Waals surface area contributed by atoms with Crippen LogP contribution in [0.15, 0.2) is 29.2 Å². The summed E-state index contributed by atoms with van der Waals surface area (Å²) in [7, 11) is -1.92. The number of piperidine rings is 1. The van der Waals surface area contributed by atoms with Gasteiger partial charge in [-0.2, -0.15) is 0 Å². The number of carbonyl (C=O) groups excluding carboxylic acids is 1. The molecule has 24 heavy (non-hydrogen) atoms. The summed E-state index contributed by atoms with van der Waals surface area (Å²) < 4.78 is 29.0. The lowest BCUT2D eigenvalue weighted by Crippen LogP contribution is -2.53. The maximum Gasteiger partial charge on any atom is 0.253 e. The van der Waals surface area contributed by atoms with Gasteiger partial charge >= 0.3 is 0 Å². The molecule has 7 heteroatoms. The highest BCUT2D eigenvalue weighted by molar-refractivity contribution is 7.91. The van der Waals surface area contributed by atoms with Crippen LogP contribution in [0.4, 0.5) is 0 Å². The number of rotatable bonds is 5. The number of nitrogens with two attached hydrogens (primary N) is 1. The Hall–Kier alpha value is -1.44. The molecule has 1 aliphatic heterocycles. The van der Waals surface area contributed by atoms with E-state index in [9.17, 15) is 13.2 Å². The van der Waals surface area contributed by atoms with Gasteiger partial charge in [0.15, 0.2) is 9.84 Å². The largest absolute Gasteiger partial charge is 0.384 e. The monoisotopic (exact) mass is 354 g/mol. The molecule has 1 unspecified atom stereocenters. The Morgan fingerprint density at radius 1 is 1.33 bits per heavy atom. The normalized spacial score (nSPS) is 20.8. The molecule has 1 amide bonds. The molecule has 1 atom stereocenters. The van der Waals surface area contributed by atoms with E-state index in [0.29, 0.717) is 18.7 Å². The van der Waals surface area contributed by atoms with Gasteiger partial charge < -0.3 is 15.4 Å². The van der Waals surface area contributed by atoms with Crippen molar-refractivity contribution in [2.24, 2.45) is 11.1 Å². The smallest absolute Gasteiger partial charge is 0.253 e. The first-order valence-corrected chi connectivity index (χ1v) is 9.69. The zero-order valence-corrected chi connectivity index (χ0v) is 15.3. The van der Waals surface area contributed by atoms with Gasteiger partial charge in [-0.1, -0.05) is 13.8 Å². The molecule has 2 rings (SSSR count). The number of hydrogen-bond acceptors (Lipinski definition) is 5. The second kappa shape index (κ2) is 7.21. The van der Waals surface area contributed by atoms with Gasteiger partial charge in [0, 0.05) is 31.8 Å². The second-order valence-corrected chi connectivity index (χ2v) is 9.06. The van der Waals surface area contributed by atoms with Crippen molar-refractivity contribution in [2.45, 2.75) is 31.2 Å². The Labute approximate surface area is 143 Å². The molecule has 0 aromatic heterocycles. The molecule has 2 N–H and O–H groups in total. The second-order valence-electron chi connectivity index (χ2n) is 6.95. The van der Waals surface area contributed by atoms with Crippen LogP contribution < -0.4 is 5.73 Å². The van der Waals surface area contributed by atoms with E-state index in [-0.39, 0.29) is 34.6 Å². The molecule has 0 saturated carbocycles. The number of ether oxygens (including phenoxy) is 1. The van der Waals surface area contributed by atoms with Crippen molar-refractivity contribution in [3.8, 4) is 0 Å². The van der Waals surface area contributed by atoms with E-state index in [0.717, 1.165) is 6.42 Å². The van der Waals surface area contributed by atoms with Gasteiger partial charge in [-0.3, -0.25) is 4.79 Å². The lowest BCUT2D eigenvalue weighted by atomic mass is 9.79. The Morgan fingerprint density at radius 3 is 2.50 bits per heavy atom. The van der Waals surface area contributed by atoms with E-state index < -0.39 is 9.84 Å². The topological polar surface area (TPSA) is 89.7 Å². The number of hydrogen-bond donors (Lipinski definition) is 1. The number of benzene rings is 1. The average Bonchev–Trinajstić information content (AvgIpc) is 2.55. The van der Waals surface area contributed by atoms with Gasteiger partial charge in [0.1, 0.15) is 0 Å². The van der Waals surface area contributed by atoms with Crippen LogP contribution in [0.5, 0.6) is 0 Å². The number of nitrogens with zero attached hydrogens (tertiary/aromatic N) is 1. The van der Waals surface area contributed by atoms with Crippen molar-refractivity contribution in [3.05, 3.63) is 29.8 Å². The summed E-state index contributed by atoms with van der Waals surface area (Å²) in [5.41, 5.74) is 6.47. The Morgan fingerprint density at radius 2 is 1.96 bits per heavy atom. The molecule has 6 nitrogen and oxygen atoms in total. The maximum absolute atomic E-state index is 12.6. The Bertz CT molecular complexity index is 683. The standard InChI is InChI=1S/C17H26N2O4S/c1-17(2)12-19(9-8-15(17)18)16(20)13-4-6-14(7-5-13)24(21,22)11-10-23-3/h4-7,15H,8-12,18H2,1-3H3. The van der Waals surface area contributed by atoms with Crippen LogP contribution in [0, 0.1) is 5.41 Å². The van der Waals surface area contributed by atoms with Crippen molar-refractivity contribution >= 4 is 15.7 Å². The first kappa shape index (κ1) is 18.9. The van der Waals surface area contributed by atoms with Crippen LogP contribution in [-0.2, 0) is 14.6 Å². The fraction of sp³-hybridized carbons (Fsp3) is 0.588. The number of carbonyl (C=O) groups is 1. The predicted octanol–water partition coefficient (Wildman–Crippen LogP) is 1.31. The molecular weight excluding hydrogens is 328 g/mol. The molecule has 1 fully saturated rings. The minimum atomic E-state index is -3.38. The first-order chi connectivity index (χ1) is 11.2. The van der Waals surface area contributed by atoms with Gasteiger partial charge in [-0.15, -0.1) is 0 Å². The SMILES string of the molecule is COCCS(=O)(=O)c1ccc(C(=O)N2CCC(N)C(C)(C)C2)cc1. The number of sulfone groups is 1. The lowest BCUT2D eigenvalue weighted by Gasteiger charge is -2.42. The number of methoxy groups -OCH3 is 1. The molecule has 1 heterocycles. The molecule has 0 radical (unpaired) electrons. The highest BCUT2D eigenvalue weighted by Crippen LogP contribution is 2.28. The number of amides is 1. The van der Waals surface area contributed by atoms with Crippen molar-refractivity contribution in [1.29, 1.82) is 0 Å². The summed E-state index contributed by atoms with van der Waals surface area (Å²) in [6.45, 7) is 5.48. The van der Waals surface area contributed by atoms with Gasteiger partial charge in [0.25, 0.3) is 5.91 Å². The molecule has 1 aliphatic rings. The highest BCUT2D eigenvalue weighted by atomic mass is 32.2. The predicted molar refractivity (Wildman–Crippen MR) is 92.6 cm³/mol. The highest BCUT2D eigenvalue weighted by Gasteiger charge is 2.35. The molecule has 0 spiro atoms. The Kier molecular flexibility index (Phi) is 5.67. The van der Waals surface area contributed by atoms with Crippen molar-refractivity contribution in [2.75, 3.05) is 32.6 Å². The van der Waals surface area contributed by atoms with Crippen molar-refractivity contribution in [1.82, 2.24) is 4.90 Å². The third-order valence-corrected chi connectivity index (χ3v) is 6.31. The van der Waals surface area contributed by atoms with E-state index in [4.69, 9.17) is 10.5 Å². The van der Waals surface area contributed by atoms with Gasteiger partial charge in [-0.05, 0) is 36.1 Å². The lowest BCUT2D eigenvalue weighted by molar-refractivity contribution is 0.0533. The zero-order valence-electron chi connectivity index (χ0n) is 14.5. The fourth-order valence-electron chi connectivity index (χ4n) is 2.85. The quantitative estimate of drug-likeness (QED) is 0.861. The van der Waals surface area contributed by atoms with E-state index in [1.807, 2.05) is 0 Å². The minimum absolute atomic E-state index is 0.0744. The van der Waals surface area contributed by atoms with Gasteiger partial charge in [0.2, 0.25) is 0 Å². The van der Waals surface area contributed by atoms with Crippen LogP contribution in [0.1, 0.15) is 30.6 Å². The molecule has 0 aliphatic carbocycles. The third kappa shape index (κ3) is 4.15. The average molecular weight is 354 g/mol. The van der Waals surface area contributed by atoms with Crippen molar-refractivity contribution < 1.29 is 17.9 Å². The van der Waals surface area contributed by atoms with E-state index >= 15 is 0 Å². The van der Waals surface area contributed by atoms with E-state index in [1.54, 1.807) is 17.0 Å². The molecular formula is C17H26N2O4S. The minimum Gasteiger partial charge on any atom is -0.384 e. The van der Waals surface area contributed by atoms with E-state index in [2.05, 4.69) is 13.8 Å². The maximum atomic E-state index is 12.6. The zero-order chi connectivity index (χ0) is 18.0. The molecule has 1 aromatic carbocycles. The molecule has 1 aromatic rings. The number of likely N-dealkylation sites (tertiary alicyclic amines) is 1. The summed E-state index contributed by atoms with van der Waals surface area (Å²) >= 11 is 0. The summed E-state index contributed by atoms with van der Waals surface area (Å²) in [6, 6.07) is 6.19. The van der Waals surface area contributed by atoms with Gasteiger partial charge in [0.05, 0.1) is 17.3 Å². The molecule has 134 valence electrons.